The van der Waals surface area contributed by atoms with E-state index in [4.69, 9.17) is 0 Å². The van der Waals surface area contributed by atoms with E-state index in [1.54, 1.807) is 18.2 Å². The highest BCUT2D eigenvalue weighted by Gasteiger charge is 1.29. The fourth-order valence-corrected chi connectivity index (χ4v) is 0. The minimum atomic E-state index is 1.64. The smallest absolute Gasteiger partial charge is 0.0473 e. The number of rotatable bonds is 1. The summed E-state index contributed by atoms with van der Waals surface area (Å²) in [4.78, 5) is 0. The summed E-state index contributed by atoms with van der Waals surface area (Å²) < 4.78 is 0. The van der Waals surface area contributed by atoms with Crippen molar-refractivity contribution in [3.63, 3.8) is 0 Å². The minimum absolute atomic E-state index is 1.64. The fourth-order valence-electron chi connectivity index (χ4n) is 0. The molecule has 40 valence electrons. The lowest BCUT2D eigenvalue weighted by atomic mass is 10.6. The highest BCUT2D eigenvalue weighted by Crippen LogP contribution is 1.52. The molecule has 0 heteroatoms. The first-order chi connectivity index (χ1) is 3.33. The van der Waals surface area contributed by atoms with Gasteiger partial charge in [-0.05, 0) is 6.92 Å². The minimum Gasteiger partial charge on any atom is -0.103 e. The highest BCUT2D eigenvalue weighted by atomic mass is 13.4. The van der Waals surface area contributed by atoms with Crippen molar-refractivity contribution >= 4 is 0 Å². The molecule has 0 N–H and O–H groups in total. The molecular weight excluding hydrogens is 84.1 g/mol. The maximum Gasteiger partial charge on any atom is -0.0473 e. The normalized spacial score (nSPS) is 4.71. The molecule has 0 aromatic rings. The van der Waals surface area contributed by atoms with Crippen molar-refractivity contribution in [2.24, 2.45) is 0 Å². The lowest BCUT2D eigenvalue weighted by Gasteiger charge is -1.44. The molecule has 0 amide bonds. The molecular formula is C7H12. The third kappa shape index (κ3) is 1120. The van der Waals surface area contributed by atoms with E-state index < -0.39 is 0 Å². The monoisotopic (exact) mass is 96.1 g/mol. The van der Waals surface area contributed by atoms with Crippen LogP contribution in [-0.4, -0.2) is 0 Å². The van der Waals surface area contributed by atoms with Gasteiger partial charge in [-0.1, -0.05) is 31.4 Å². The molecule has 0 saturated heterocycles. The zero-order valence-corrected chi connectivity index (χ0v) is 4.85. The summed E-state index contributed by atoms with van der Waals surface area (Å²) in [5, 5.41) is 0. The van der Waals surface area contributed by atoms with Gasteiger partial charge >= 0.3 is 0 Å². The summed E-state index contributed by atoms with van der Waals surface area (Å²) >= 11 is 0. The Bertz CT molecular complexity index is 45.1. The molecule has 0 aliphatic heterocycles. The van der Waals surface area contributed by atoms with Crippen LogP contribution < -0.4 is 0 Å². The summed E-state index contributed by atoms with van der Waals surface area (Å²) in [6, 6.07) is 0. The van der Waals surface area contributed by atoms with Gasteiger partial charge in [0, 0.05) is 0 Å². The van der Waals surface area contributed by atoms with Gasteiger partial charge in [0.2, 0.25) is 0 Å². The molecule has 0 nitrogen and oxygen atoms in total. The predicted octanol–water partition coefficient (Wildman–Crippen LogP) is 2.55. The van der Waals surface area contributed by atoms with E-state index in [2.05, 4.69) is 19.7 Å². The van der Waals surface area contributed by atoms with Gasteiger partial charge in [-0.25, -0.2) is 0 Å². The van der Waals surface area contributed by atoms with Gasteiger partial charge in [0.1, 0.15) is 0 Å². The van der Waals surface area contributed by atoms with Gasteiger partial charge in [-0.15, -0.1) is 6.58 Å². The molecule has 7 heavy (non-hydrogen) atoms. The van der Waals surface area contributed by atoms with E-state index in [0.29, 0.717) is 0 Å². The van der Waals surface area contributed by atoms with Crippen molar-refractivity contribution in [1.29, 1.82) is 0 Å². The van der Waals surface area contributed by atoms with Gasteiger partial charge in [0.15, 0.2) is 0 Å². The van der Waals surface area contributed by atoms with Gasteiger partial charge in [0.25, 0.3) is 0 Å². The maximum atomic E-state index is 3.36. The fraction of sp³-hybridized carbons (Fsp3) is 0.143. The van der Waals surface area contributed by atoms with Gasteiger partial charge in [-0.2, -0.15) is 0 Å². The first kappa shape index (κ1) is 9.52. The molecule has 0 aliphatic rings. The van der Waals surface area contributed by atoms with Crippen molar-refractivity contribution < 1.29 is 0 Å². The lowest BCUT2D eigenvalue weighted by Crippen LogP contribution is -1.21. The Morgan fingerprint density at radius 3 is 1.14 bits per heavy atom. The molecule has 0 aromatic heterocycles. The Labute approximate surface area is 45.9 Å². The average molecular weight is 96.2 g/mol. The summed E-state index contributed by atoms with van der Waals surface area (Å²) in [7, 11) is 0. The van der Waals surface area contributed by atoms with Crippen molar-refractivity contribution in [1.82, 2.24) is 0 Å². The summed E-state index contributed by atoms with van der Waals surface area (Å²) in [6.07, 6.45) is 5.03. The third-order valence-electron chi connectivity index (χ3n) is 0.167. The molecule has 0 atom stereocenters. The Morgan fingerprint density at radius 2 is 1.14 bits per heavy atom. The van der Waals surface area contributed by atoms with E-state index in [0.717, 1.165) is 0 Å². The van der Waals surface area contributed by atoms with E-state index in [9.17, 15) is 0 Å². The quantitative estimate of drug-likeness (QED) is 0.347. The lowest BCUT2D eigenvalue weighted by molar-refractivity contribution is 1.80. The third-order valence-corrected chi connectivity index (χ3v) is 0.167. The van der Waals surface area contributed by atoms with Crippen LogP contribution in [0.1, 0.15) is 6.92 Å². The summed E-state index contributed by atoms with van der Waals surface area (Å²) in [5.74, 6) is 0. The standard InChI is InChI=1S/C4H6.C3H6/c1-3-4-2;1-3-2/h3-4H,1-2H2;3H,1H2,2H3. The predicted molar refractivity (Wildman–Crippen MR) is 36.3 cm³/mol. The van der Waals surface area contributed by atoms with Crippen LogP contribution in [0.15, 0.2) is 38.0 Å². The second kappa shape index (κ2) is 18.9. The molecule has 0 rings (SSSR count). The van der Waals surface area contributed by atoms with Crippen LogP contribution in [0.25, 0.3) is 0 Å². The highest BCUT2D eigenvalue weighted by molar-refractivity contribution is 4.88. The zero-order valence-electron chi connectivity index (χ0n) is 4.85. The largest absolute Gasteiger partial charge is 0.103 e. The van der Waals surface area contributed by atoms with Crippen molar-refractivity contribution in [2.45, 2.75) is 6.92 Å². The van der Waals surface area contributed by atoms with Crippen LogP contribution in [0.2, 0.25) is 0 Å². The number of hydrogen-bond donors (Lipinski definition) is 0. The van der Waals surface area contributed by atoms with E-state index in [1.165, 1.54) is 0 Å². The van der Waals surface area contributed by atoms with Crippen molar-refractivity contribution in [3.05, 3.63) is 38.0 Å². The second-order valence-electron chi connectivity index (χ2n) is 0.880. The van der Waals surface area contributed by atoms with E-state index >= 15 is 0 Å². The summed E-state index contributed by atoms with van der Waals surface area (Å²) in [6.45, 7) is 12.0. The van der Waals surface area contributed by atoms with Crippen LogP contribution in [0.3, 0.4) is 0 Å². The molecule has 0 bridgehead atoms. The van der Waals surface area contributed by atoms with Crippen LogP contribution in [0.5, 0.6) is 0 Å². The number of hydrogen-bond acceptors (Lipinski definition) is 0. The first-order valence-corrected chi connectivity index (χ1v) is 2.14. The number of allylic oxidation sites excluding steroid dienone is 3. The Hall–Kier alpha value is -0.780. The van der Waals surface area contributed by atoms with E-state index in [-0.39, 0.29) is 0 Å². The zero-order chi connectivity index (χ0) is 6.12. The van der Waals surface area contributed by atoms with E-state index in [1.807, 2.05) is 6.92 Å². The average Bonchev–Trinajstić information content (AvgIpc) is 1.69. The SMILES string of the molecule is C=CC.C=CC=C. The van der Waals surface area contributed by atoms with Crippen LogP contribution in [-0.2, 0) is 0 Å². The molecule has 0 unspecified atom stereocenters. The summed E-state index contributed by atoms with van der Waals surface area (Å²) in [5.41, 5.74) is 0. The van der Waals surface area contributed by atoms with Gasteiger partial charge in [-0.3, -0.25) is 0 Å². The first-order valence-electron chi connectivity index (χ1n) is 2.14. The molecule has 0 fully saturated rings. The molecule has 0 radical (unpaired) electrons. The molecule has 0 aliphatic carbocycles. The van der Waals surface area contributed by atoms with Crippen LogP contribution >= 0.6 is 0 Å². The molecule has 0 spiro atoms. The Morgan fingerprint density at radius 1 is 1.00 bits per heavy atom. The van der Waals surface area contributed by atoms with Crippen LogP contribution in [0.4, 0.5) is 0 Å². The molecule has 0 aromatic carbocycles. The second-order valence-corrected chi connectivity index (χ2v) is 0.880. The van der Waals surface area contributed by atoms with Gasteiger partial charge < -0.3 is 0 Å². The topological polar surface area (TPSA) is 0 Å². The maximum absolute atomic E-state index is 3.36. The Kier molecular flexibility index (Phi) is 25.6. The molecule has 0 heterocycles. The van der Waals surface area contributed by atoms with Crippen molar-refractivity contribution in [2.75, 3.05) is 0 Å². The Balaban J connectivity index is 0. The van der Waals surface area contributed by atoms with Crippen molar-refractivity contribution in [3.8, 4) is 0 Å². The molecule has 0 saturated carbocycles. The van der Waals surface area contributed by atoms with Crippen LogP contribution in [0, 0.1) is 0 Å². The van der Waals surface area contributed by atoms with Gasteiger partial charge in [0.05, 0.1) is 0 Å².